The van der Waals surface area contributed by atoms with E-state index in [9.17, 15) is 24.0 Å². The van der Waals surface area contributed by atoms with Crippen molar-refractivity contribution in [3.8, 4) is 11.1 Å². The van der Waals surface area contributed by atoms with E-state index in [2.05, 4.69) is 10.6 Å². The van der Waals surface area contributed by atoms with Gasteiger partial charge in [0.15, 0.2) is 5.41 Å². The molecule has 0 spiro atoms. The van der Waals surface area contributed by atoms with Gasteiger partial charge in [-0.25, -0.2) is 9.59 Å². The zero-order valence-electron chi connectivity index (χ0n) is 19.5. The summed E-state index contributed by atoms with van der Waals surface area (Å²) in [6.07, 6.45) is 1.87. The Morgan fingerprint density at radius 2 is 1.41 bits per heavy atom. The van der Waals surface area contributed by atoms with Crippen LogP contribution in [0.2, 0.25) is 0 Å². The number of urea groups is 1. The molecule has 37 heavy (non-hydrogen) atoms. The van der Waals surface area contributed by atoms with E-state index in [-0.39, 0.29) is 0 Å². The van der Waals surface area contributed by atoms with Gasteiger partial charge in [-0.1, -0.05) is 66.7 Å². The number of aryl methyl sites for hydroxylation is 1. The van der Waals surface area contributed by atoms with Crippen LogP contribution >= 0.6 is 0 Å². The number of fused-ring (bicyclic) bond motifs is 2. The number of carbonyl (C=O) groups excluding carboxylic acids is 5. The normalized spacial score (nSPS) is 18.4. The number of benzene rings is 3. The van der Waals surface area contributed by atoms with Gasteiger partial charge >= 0.3 is 12.0 Å². The van der Waals surface area contributed by atoms with E-state index in [1.807, 2.05) is 24.3 Å². The van der Waals surface area contributed by atoms with E-state index < -0.39 is 35.0 Å². The fourth-order valence-corrected chi connectivity index (χ4v) is 5.37. The van der Waals surface area contributed by atoms with Crippen LogP contribution in [-0.4, -0.2) is 29.6 Å². The van der Waals surface area contributed by atoms with Crippen LogP contribution in [0.3, 0.4) is 0 Å². The molecule has 3 aromatic carbocycles. The Bertz CT molecular complexity index is 1550. The molecular weight excluding hydrogens is 472 g/mol. The number of rotatable bonds is 3. The van der Waals surface area contributed by atoms with Crippen LogP contribution in [0.25, 0.3) is 16.9 Å². The van der Waals surface area contributed by atoms with Crippen molar-refractivity contribution in [3.63, 3.8) is 0 Å². The molecule has 1 aliphatic carbocycles. The van der Waals surface area contributed by atoms with Gasteiger partial charge < -0.3 is 4.74 Å². The maximum Gasteiger partial charge on any atom is 0.384 e. The summed E-state index contributed by atoms with van der Waals surface area (Å²) >= 11 is 0. The first-order valence-corrected chi connectivity index (χ1v) is 11.9. The van der Waals surface area contributed by atoms with Crippen LogP contribution < -0.4 is 10.6 Å². The molecule has 8 nitrogen and oxygen atoms in total. The summed E-state index contributed by atoms with van der Waals surface area (Å²) in [6, 6.07) is 20.5. The first-order chi connectivity index (χ1) is 17.9. The van der Waals surface area contributed by atoms with Crippen LogP contribution in [0, 0.1) is 0 Å². The standard InChI is InChI=1S/C29H20N2O6/c32-23-22-11-5-7-18-14-17(12-13-21(18)24(22)37-25(23)33)16-6-4-10-20(15-16)29(19-8-2-1-3-9-19)26(34)30-28(36)31-27(29)35/h1-4,6,8-10,12-15H,5,7,11H2,(H2,30,31,34,35,36). The fraction of sp³-hybridized carbons (Fsp3) is 0.138. The molecule has 0 saturated carbocycles. The average Bonchev–Trinajstić information content (AvgIpc) is 3.06. The largest absolute Gasteiger partial charge is 0.419 e. The third-order valence-electron chi connectivity index (χ3n) is 7.12. The van der Waals surface area contributed by atoms with Crippen molar-refractivity contribution in [2.75, 3.05) is 0 Å². The molecule has 0 bridgehead atoms. The number of carbonyl (C=O) groups is 5. The lowest BCUT2D eigenvalue weighted by Gasteiger charge is -2.35. The molecule has 6 rings (SSSR count). The quantitative estimate of drug-likeness (QED) is 0.329. The van der Waals surface area contributed by atoms with Gasteiger partial charge in [-0.3, -0.25) is 25.0 Å². The molecule has 0 unspecified atom stereocenters. The number of Topliss-reactive ketones (excluding diaryl/α,β-unsaturated/α-hetero) is 1. The topological polar surface area (TPSA) is 119 Å². The first kappa shape index (κ1) is 22.6. The number of hydrogen-bond donors (Lipinski definition) is 2. The molecule has 3 aliphatic rings. The predicted molar refractivity (Wildman–Crippen MR) is 132 cm³/mol. The number of ether oxygens (including phenoxy) is 1. The van der Waals surface area contributed by atoms with Gasteiger partial charge in [0, 0.05) is 5.56 Å². The first-order valence-electron chi connectivity index (χ1n) is 11.9. The molecule has 2 N–H and O–H groups in total. The molecular formula is C29H20N2O6. The van der Waals surface area contributed by atoms with Crippen molar-refractivity contribution in [3.05, 3.63) is 101 Å². The summed E-state index contributed by atoms with van der Waals surface area (Å²) in [5.74, 6) is -2.53. The molecule has 2 aliphatic heterocycles. The number of amides is 4. The lowest BCUT2D eigenvalue weighted by molar-refractivity contribution is -0.145. The average molecular weight is 492 g/mol. The molecule has 1 fully saturated rings. The van der Waals surface area contributed by atoms with Crippen molar-refractivity contribution >= 4 is 35.4 Å². The minimum atomic E-state index is -1.75. The number of imide groups is 2. The summed E-state index contributed by atoms with van der Waals surface area (Å²) in [4.78, 5) is 62.5. The maximum absolute atomic E-state index is 13.3. The lowest BCUT2D eigenvalue weighted by Crippen LogP contribution is -2.65. The zero-order chi connectivity index (χ0) is 25.7. The fourth-order valence-electron chi connectivity index (χ4n) is 5.37. The van der Waals surface area contributed by atoms with E-state index in [0.717, 1.165) is 22.3 Å². The Hall–Kier alpha value is -4.85. The molecule has 4 amide bonds. The highest BCUT2D eigenvalue weighted by atomic mass is 16.5. The van der Waals surface area contributed by atoms with E-state index in [1.54, 1.807) is 48.5 Å². The van der Waals surface area contributed by atoms with Gasteiger partial charge in [0.2, 0.25) is 0 Å². The van der Waals surface area contributed by atoms with E-state index in [0.29, 0.717) is 41.7 Å². The Labute approximate surface area is 211 Å². The smallest absolute Gasteiger partial charge is 0.384 e. The number of nitrogens with one attached hydrogen (secondary N) is 2. The Morgan fingerprint density at radius 3 is 2.16 bits per heavy atom. The van der Waals surface area contributed by atoms with Crippen molar-refractivity contribution < 1.29 is 28.7 Å². The summed E-state index contributed by atoms with van der Waals surface area (Å²) in [5.41, 5.74) is 2.76. The second-order valence-corrected chi connectivity index (χ2v) is 9.19. The van der Waals surface area contributed by atoms with Crippen molar-refractivity contribution in [1.29, 1.82) is 0 Å². The summed E-state index contributed by atoms with van der Waals surface area (Å²) in [7, 11) is 0. The summed E-state index contributed by atoms with van der Waals surface area (Å²) < 4.78 is 5.30. The van der Waals surface area contributed by atoms with Crippen molar-refractivity contribution in [2.24, 2.45) is 0 Å². The highest BCUT2D eigenvalue weighted by molar-refractivity contribution is 6.45. The zero-order valence-corrected chi connectivity index (χ0v) is 19.5. The van der Waals surface area contributed by atoms with Crippen molar-refractivity contribution in [2.45, 2.75) is 24.7 Å². The monoisotopic (exact) mass is 492 g/mol. The van der Waals surface area contributed by atoms with Gasteiger partial charge in [-0.2, -0.15) is 0 Å². The minimum absolute atomic E-state index is 0.339. The van der Waals surface area contributed by atoms with E-state index >= 15 is 0 Å². The molecule has 3 aromatic rings. The van der Waals surface area contributed by atoms with Crippen LogP contribution in [0.4, 0.5) is 4.79 Å². The molecule has 0 aromatic heterocycles. The number of ketones is 1. The van der Waals surface area contributed by atoms with Gasteiger partial charge in [0.1, 0.15) is 5.76 Å². The second kappa shape index (κ2) is 8.37. The third kappa shape index (κ3) is 3.41. The van der Waals surface area contributed by atoms with E-state index in [4.69, 9.17) is 4.74 Å². The molecule has 0 atom stereocenters. The highest BCUT2D eigenvalue weighted by Crippen LogP contribution is 2.39. The van der Waals surface area contributed by atoms with Crippen LogP contribution in [0.15, 0.2) is 78.4 Å². The molecule has 2 heterocycles. The summed E-state index contributed by atoms with van der Waals surface area (Å²) in [5, 5.41) is 4.50. The van der Waals surface area contributed by atoms with Crippen LogP contribution in [-0.2, 0) is 35.8 Å². The number of hydrogen-bond acceptors (Lipinski definition) is 6. The van der Waals surface area contributed by atoms with Crippen LogP contribution in [0.5, 0.6) is 0 Å². The van der Waals surface area contributed by atoms with E-state index in [1.165, 1.54) is 0 Å². The highest BCUT2D eigenvalue weighted by Gasteiger charge is 2.53. The number of esters is 1. The van der Waals surface area contributed by atoms with Crippen LogP contribution in [0.1, 0.15) is 35.1 Å². The van der Waals surface area contributed by atoms with Crippen molar-refractivity contribution in [1.82, 2.24) is 10.6 Å². The third-order valence-corrected chi connectivity index (χ3v) is 7.12. The summed E-state index contributed by atoms with van der Waals surface area (Å²) in [6.45, 7) is 0. The SMILES string of the molecule is O=C1NC(=O)C(c2ccccc2)(c2cccc(-c3ccc4c(c3)CCCC3=C4OC(=O)C3=O)c2)C(=O)N1. The van der Waals surface area contributed by atoms with Gasteiger partial charge in [-0.15, -0.1) is 0 Å². The maximum atomic E-state index is 13.3. The Kier molecular flexibility index (Phi) is 5.12. The Balaban J connectivity index is 1.47. The molecule has 0 radical (unpaired) electrons. The predicted octanol–water partition coefficient (Wildman–Crippen LogP) is 3.18. The molecule has 8 heteroatoms. The lowest BCUT2D eigenvalue weighted by atomic mass is 9.71. The molecule has 182 valence electrons. The van der Waals surface area contributed by atoms with Gasteiger partial charge in [0.25, 0.3) is 17.6 Å². The Morgan fingerprint density at radius 1 is 0.703 bits per heavy atom. The second-order valence-electron chi connectivity index (χ2n) is 9.19. The minimum Gasteiger partial charge on any atom is -0.419 e. The molecule has 1 saturated heterocycles. The number of barbiturate groups is 1. The van der Waals surface area contributed by atoms with Gasteiger partial charge in [-0.05, 0) is 53.1 Å². The van der Waals surface area contributed by atoms with Gasteiger partial charge in [0.05, 0.1) is 5.57 Å².